The number of rotatable bonds is 5. The van der Waals surface area contributed by atoms with Crippen LogP contribution in [0.2, 0.25) is 5.02 Å². The van der Waals surface area contributed by atoms with Crippen molar-refractivity contribution in [1.29, 1.82) is 0 Å². The summed E-state index contributed by atoms with van der Waals surface area (Å²) in [5, 5.41) is 11.4. The molecular weight excluding hydrogens is 288 g/mol. The van der Waals surface area contributed by atoms with Crippen LogP contribution in [0.3, 0.4) is 0 Å². The number of nitrogens with two attached hydrogens (primary N) is 1. The maximum atomic E-state index is 11.1. The number of nitro groups is 1. The molecule has 0 aliphatic heterocycles. The van der Waals surface area contributed by atoms with E-state index in [-0.39, 0.29) is 11.7 Å². The molecule has 4 nitrogen and oxygen atoms in total. The van der Waals surface area contributed by atoms with Gasteiger partial charge in [0.15, 0.2) is 0 Å². The van der Waals surface area contributed by atoms with Crippen LogP contribution in [0, 0.1) is 17.0 Å². The summed E-state index contributed by atoms with van der Waals surface area (Å²) in [5.74, 6) is 0. The smallest absolute Gasteiger partial charge is 0.274 e. The third-order valence-electron chi connectivity index (χ3n) is 3.38. The molecule has 0 bridgehead atoms. The van der Waals surface area contributed by atoms with Crippen LogP contribution in [0.1, 0.15) is 16.7 Å². The second-order valence-corrected chi connectivity index (χ2v) is 5.56. The molecule has 0 aromatic heterocycles. The van der Waals surface area contributed by atoms with Crippen molar-refractivity contribution in [3.8, 4) is 0 Å². The monoisotopic (exact) mass is 304 g/mol. The molecule has 0 saturated carbocycles. The highest BCUT2D eigenvalue weighted by Gasteiger charge is 2.19. The predicted molar refractivity (Wildman–Crippen MR) is 84.7 cm³/mol. The average Bonchev–Trinajstić information content (AvgIpc) is 2.43. The van der Waals surface area contributed by atoms with Crippen molar-refractivity contribution >= 4 is 17.3 Å². The van der Waals surface area contributed by atoms with Crippen LogP contribution in [0.15, 0.2) is 42.5 Å². The second kappa shape index (κ2) is 6.70. The van der Waals surface area contributed by atoms with Crippen molar-refractivity contribution in [3.63, 3.8) is 0 Å². The number of nitro benzene ring substituents is 1. The van der Waals surface area contributed by atoms with E-state index in [0.29, 0.717) is 23.4 Å². The van der Waals surface area contributed by atoms with E-state index in [1.807, 2.05) is 31.2 Å². The molecule has 0 heterocycles. The fourth-order valence-electron chi connectivity index (χ4n) is 2.28. The summed E-state index contributed by atoms with van der Waals surface area (Å²) < 4.78 is 0. The van der Waals surface area contributed by atoms with Crippen LogP contribution in [0.25, 0.3) is 0 Å². The molecule has 1 unspecified atom stereocenters. The van der Waals surface area contributed by atoms with Crippen LogP contribution in [0.5, 0.6) is 0 Å². The first-order valence-electron chi connectivity index (χ1n) is 6.70. The van der Waals surface area contributed by atoms with Crippen LogP contribution in [0.4, 0.5) is 5.69 Å². The van der Waals surface area contributed by atoms with Gasteiger partial charge < -0.3 is 5.73 Å². The Labute approximate surface area is 128 Å². The summed E-state index contributed by atoms with van der Waals surface area (Å²) in [7, 11) is 0. The summed E-state index contributed by atoms with van der Waals surface area (Å²) in [6.07, 6.45) is 1.03. The number of benzene rings is 2. The first-order valence-corrected chi connectivity index (χ1v) is 7.08. The highest BCUT2D eigenvalue weighted by molar-refractivity contribution is 6.31. The maximum absolute atomic E-state index is 11.1. The molecule has 2 N–H and O–H groups in total. The molecule has 21 heavy (non-hydrogen) atoms. The van der Waals surface area contributed by atoms with Crippen molar-refractivity contribution in [2.75, 3.05) is 0 Å². The summed E-state index contributed by atoms with van der Waals surface area (Å²) in [6.45, 7) is 2.02. The van der Waals surface area contributed by atoms with E-state index in [0.717, 1.165) is 5.56 Å². The lowest BCUT2D eigenvalue weighted by molar-refractivity contribution is -0.385. The van der Waals surface area contributed by atoms with Crippen LogP contribution >= 0.6 is 11.6 Å². The van der Waals surface area contributed by atoms with Gasteiger partial charge in [0.25, 0.3) is 5.69 Å². The summed E-state index contributed by atoms with van der Waals surface area (Å²) in [4.78, 5) is 10.6. The first kappa shape index (κ1) is 15.5. The van der Waals surface area contributed by atoms with Gasteiger partial charge in [-0.3, -0.25) is 10.1 Å². The number of nitrogens with zero attached hydrogens (tertiary/aromatic N) is 1. The van der Waals surface area contributed by atoms with Crippen molar-refractivity contribution in [3.05, 3.63) is 74.3 Å². The molecule has 0 amide bonds. The summed E-state index contributed by atoms with van der Waals surface area (Å²) in [5.41, 5.74) is 8.97. The van der Waals surface area contributed by atoms with Gasteiger partial charge in [-0.25, -0.2) is 0 Å². The van der Waals surface area contributed by atoms with E-state index >= 15 is 0 Å². The Kier molecular flexibility index (Phi) is 4.94. The minimum absolute atomic E-state index is 0.0295. The van der Waals surface area contributed by atoms with Gasteiger partial charge >= 0.3 is 0 Å². The lowest BCUT2D eigenvalue weighted by Crippen LogP contribution is -2.26. The van der Waals surface area contributed by atoms with E-state index in [1.165, 1.54) is 11.6 Å². The fourth-order valence-corrected chi connectivity index (χ4v) is 2.53. The molecule has 2 aromatic carbocycles. The Bertz CT molecular complexity index is 641. The van der Waals surface area contributed by atoms with Gasteiger partial charge in [0.2, 0.25) is 0 Å². The molecule has 0 spiro atoms. The number of halogens is 1. The Morgan fingerprint density at radius 1 is 1.19 bits per heavy atom. The molecule has 110 valence electrons. The van der Waals surface area contributed by atoms with E-state index in [9.17, 15) is 10.1 Å². The highest BCUT2D eigenvalue weighted by atomic mass is 35.5. The standard InChI is InChI=1S/C16H17ClN2O2/c1-11-5-7-12(8-6-11)9-13(18)10-14-15(17)3-2-4-16(14)19(20)21/h2-8,13H,9-10,18H2,1H3. The SMILES string of the molecule is Cc1ccc(CC(N)Cc2c(Cl)cccc2[N+](=O)[O-])cc1. The Morgan fingerprint density at radius 3 is 2.48 bits per heavy atom. The normalized spacial score (nSPS) is 12.1. The molecule has 0 saturated heterocycles. The number of hydrogen-bond acceptors (Lipinski definition) is 3. The molecule has 2 aromatic rings. The Hall–Kier alpha value is -1.91. The van der Waals surface area contributed by atoms with Crippen molar-refractivity contribution < 1.29 is 4.92 Å². The topological polar surface area (TPSA) is 69.2 Å². The largest absolute Gasteiger partial charge is 0.327 e. The zero-order chi connectivity index (χ0) is 15.4. The van der Waals surface area contributed by atoms with E-state index in [4.69, 9.17) is 17.3 Å². The fraction of sp³-hybridized carbons (Fsp3) is 0.250. The number of aryl methyl sites for hydroxylation is 1. The van der Waals surface area contributed by atoms with Gasteiger partial charge in [0, 0.05) is 17.7 Å². The van der Waals surface area contributed by atoms with Crippen molar-refractivity contribution in [1.82, 2.24) is 0 Å². The van der Waals surface area contributed by atoms with Crippen molar-refractivity contribution in [2.45, 2.75) is 25.8 Å². The lowest BCUT2D eigenvalue weighted by atomic mass is 9.98. The van der Waals surface area contributed by atoms with Gasteiger partial charge in [0.05, 0.1) is 9.95 Å². The molecule has 0 aliphatic rings. The van der Waals surface area contributed by atoms with E-state index in [1.54, 1.807) is 12.1 Å². The second-order valence-electron chi connectivity index (χ2n) is 5.15. The maximum Gasteiger partial charge on any atom is 0.274 e. The summed E-state index contributed by atoms with van der Waals surface area (Å²) >= 11 is 6.08. The predicted octanol–water partition coefficient (Wildman–Crippen LogP) is 3.67. The molecule has 5 heteroatoms. The zero-order valence-corrected chi connectivity index (χ0v) is 12.5. The van der Waals surface area contributed by atoms with Crippen LogP contribution < -0.4 is 5.73 Å². The highest BCUT2D eigenvalue weighted by Crippen LogP contribution is 2.27. The van der Waals surface area contributed by atoms with Gasteiger partial charge in [-0.2, -0.15) is 0 Å². The molecule has 1 atom stereocenters. The molecular formula is C16H17ClN2O2. The van der Waals surface area contributed by atoms with E-state index < -0.39 is 4.92 Å². The van der Waals surface area contributed by atoms with Crippen LogP contribution in [-0.4, -0.2) is 11.0 Å². The molecule has 0 radical (unpaired) electrons. The van der Waals surface area contributed by atoms with Crippen molar-refractivity contribution in [2.24, 2.45) is 5.73 Å². The minimum Gasteiger partial charge on any atom is -0.327 e. The van der Waals surface area contributed by atoms with Gasteiger partial charge in [0.1, 0.15) is 0 Å². The minimum atomic E-state index is -0.417. The average molecular weight is 305 g/mol. The van der Waals surface area contributed by atoms with Gasteiger partial charge in [-0.15, -0.1) is 0 Å². The number of hydrogen-bond donors (Lipinski definition) is 1. The lowest BCUT2D eigenvalue weighted by Gasteiger charge is -2.13. The Morgan fingerprint density at radius 2 is 1.86 bits per heavy atom. The van der Waals surface area contributed by atoms with Crippen LogP contribution in [-0.2, 0) is 12.8 Å². The van der Waals surface area contributed by atoms with E-state index in [2.05, 4.69) is 0 Å². The van der Waals surface area contributed by atoms with Gasteiger partial charge in [-0.1, -0.05) is 47.5 Å². The molecule has 2 rings (SSSR count). The quantitative estimate of drug-likeness (QED) is 0.677. The Balaban J connectivity index is 2.14. The third-order valence-corrected chi connectivity index (χ3v) is 3.73. The third kappa shape index (κ3) is 4.03. The zero-order valence-electron chi connectivity index (χ0n) is 11.8. The molecule has 0 fully saturated rings. The molecule has 0 aliphatic carbocycles. The van der Waals surface area contributed by atoms with Gasteiger partial charge in [-0.05, 0) is 31.4 Å². The first-order chi connectivity index (χ1) is 9.97. The summed E-state index contributed by atoms with van der Waals surface area (Å²) in [6, 6.07) is 12.6.